The molecule has 2 aromatic heterocycles. The van der Waals surface area contributed by atoms with Gasteiger partial charge in [0, 0.05) is 5.41 Å². The van der Waals surface area contributed by atoms with Crippen LogP contribution < -0.4 is 10.6 Å². The average molecular weight is 424 g/mol. The predicted molar refractivity (Wildman–Crippen MR) is 119 cm³/mol. The van der Waals surface area contributed by atoms with Crippen LogP contribution >= 0.6 is 0 Å². The third kappa shape index (κ3) is 5.68. The number of nitrogens with zero attached hydrogens (tertiary/aromatic N) is 3. The number of aryl methyl sites for hydroxylation is 1. The largest absolute Gasteiger partial charge is 0.393 e. The lowest BCUT2D eigenvalue weighted by Crippen LogP contribution is -2.29. The van der Waals surface area contributed by atoms with Gasteiger partial charge in [-0.1, -0.05) is 32.9 Å². The van der Waals surface area contributed by atoms with Crippen LogP contribution in [0, 0.1) is 6.92 Å². The molecule has 0 radical (unpaired) electrons. The Kier molecular flexibility index (Phi) is 6.72. The number of pyridine rings is 1. The van der Waals surface area contributed by atoms with Crippen molar-refractivity contribution in [3.63, 3.8) is 0 Å². The number of benzene rings is 1. The Labute approximate surface area is 182 Å². The van der Waals surface area contributed by atoms with Gasteiger partial charge in [-0.3, -0.25) is 4.98 Å². The highest BCUT2D eigenvalue weighted by atomic mass is 16.3. The standard InChI is InChI=1S/C23H29N5O3/c1-15-6-5-7-17(10-15)28-18(11-21(27-28)23(2,3)4)13-25-22(31)26-16-8-9-19(24-12-16)20(30)14-29/h5-12,20,29-30H,13-14H2,1-4H3,(H2,25,26,31). The summed E-state index contributed by atoms with van der Waals surface area (Å²) in [5.74, 6) is 0. The van der Waals surface area contributed by atoms with E-state index in [0.29, 0.717) is 11.4 Å². The molecule has 0 saturated heterocycles. The molecule has 164 valence electrons. The molecule has 3 rings (SSSR count). The summed E-state index contributed by atoms with van der Waals surface area (Å²) in [6.45, 7) is 8.21. The molecule has 1 unspecified atom stereocenters. The van der Waals surface area contributed by atoms with E-state index in [1.807, 2.05) is 35.9 Å². The molecule has 0 spiro atoms. The summed E-state index contributed by atoms with van der Waals surface area (Å²) < 4.78 is 1.86. The molecule has 0 saturated carbocycles. The van der Waals surface area contributed by atoms with Gasteiger partial charge in [0.1, 0.15) is 6.10 Å². The van der Waals surface area contributed by atoms with E-state index in [-0.39, 0.29) is 18.0 Å². The predicted octanol–water partition coefficient (Wildman–Crippen LogP) is 3.22. The minimum absolute atomic E-state index is 0.126. The van der Waals surface area contributed by atoms with Gasteiger partial charge in [0.25, 0.3) is 0 Å². The zero-order chi connectivity index (χ0) is 22.6. The highest BCUT2D eigenvalue weighted by molar-refractivity contribution is 5.88. The van der Waals surface area contributed by atoms with E-state index in [4.69, 9.17) is 10.2 Å². The van der Waals surface area contributed by atoms with Gasteiger partial charge in [0.05, 0.1) is 47.8 Å². The summed E-state index contributed by atoms with van der Waals surface area (Å²) in [6, 6.07) is 12.9. The Morgan fingerprint density at radius 1 is 1.19 bits per heavy atom. The molecular formula is C23H29N5O3. The normalized spacial score (nSPS) is 12.5. The maximum absolute atomic E-state index is 12.4. The lowest BCUT2D eigenvalue weighted by Gasteiger charge is -2.14. The second kappa shape index (κ2) is 9.28. The van der Waals surface area contributed by atoms with Crippen LogP contribution in [0.2, 0.25) is 0 Å². The summed E-state index contributed by atoms with van der Waals surface area (Å²) in [7, 11) is 0. The Hall–Kier alpha value is -3.23. The van der Waals surface area contributed by atoms with Gasteiger partial charge in [-0.2, -0.15) is 5.10 Å². The maximum atomic E-state index is 12.4. The van der Waals surface area contributed by atoms with Crippen molar-refractivity contribution < 1.29 is 15.0 Å². The SMILES string of the molecule is Cc1cccc(-n2nc(C(C)(C)C)cc2CNC(=O)Nc2ccc(C(O)CO)nc2)c1. The molecule has 8 nitrogen and oxygen atoms in total. The fraction of sp³-hybridized carbons (Fsp3) is 0.348. The second-order valence-electron chi connectivity index (χ2n) is 8.50. The van der Waals surface area contributed by atoms with Crippen LogP contribution in [0.5, 0.6) is 0 Å². The zero-order valence-corrected chi connectivity index (χ0v) is 18.3. The molecule has 2 amide bonds. The van der Waals surface area contributed by atoms with Crippen molar-refractivity contribution in [3.8, 4) is 5.69 Å². The molecule has 0 aliphatic carbocycles. The number of carbonyl (C=O) groups is 1. The number of amides is 2. The monoisotopic (exact) mass is 423 g/mol. The van der Waals surface area contributed by atoms with Gasteiger partial charge in [0.2, 0.25) is 0 Å². The molecule has 31 heavy (non-hydrogen) atoms. The molecule has 0 aliphatic rings. The van der Waals surface area contributed by atoms with Crippen LogP contribution in [-0.4, -0.2) is 37.6 Å². The number of aliphatic hydroxyl groups is 2. The number of carbonyl (C=O) groups excluding carboxylic acids is 1. The summed E-state index contributed by atoms with van der Waals surface area (Å²) in [5, 5.41) is 28.9. The highest BCUT2D eigenvalue weighted by Crippen LogP contribution is 2.24. The molecular weight excluding hydrogens is 394 g/mol. The van der Waals surface area contributed by atoms with Crippen molar-refractivity contribution in [1.29, 1.82) is 0 Å². The molecule has 1 aromatic carbocycles. The number of nitrogens with one attached hydrogen (secondary N) is 2. The minimum Gasteiger partial charge on any atom is -0.393 e. The van der Waals surface area contributed by atoms with Gasteiger partial charge >= 0.3 is 6.03 Å². The first-order valence-electron chi connectivity index (χ1n) is 10.1. The maximum Gasteiger partial charge on any atom is 0.319 e. The number of hydrogen-bond donors (Lipinski definition) is 4. The van der Waals surface area contributed by atoms with E-state index in [1.165, 1.54) is 6.20 Å². The number of anilines is 1. The number of hydrogen-bond acceptors (Lipinski definition) is 5. The molecule has 3 aromatic rings. The van der Waals surface area contributed by atoms with Crippen LogP contribution in [0.15, 0.2) is 48.7 Å². The quantitative estimate of drug-likeness (QED) is 0.486. The number of urea groups is 1. The summed E-state index contributed by atoms with van der Waals surface area (Å²) in [4.78, 5) is 16.4. The molecule has 2 heterocycles. The van der Waals surface area contributed by atoms with Gasteiger partial charge in [-0.25, -0.2) is 9.48 Å². The third-order valence-electron chi connectivity index (χ3n) is 4.79. The topological polar surface area (TPSA) is 112 Å². The van der Waals surface area contributed by atoms with E-state index >= 15 is 0 Å². The molecule has 0 aliphatic heterocycles. The van der Waals surface area contributed by atoms with Gasteiger partial charge in [-0.05, 0) is 42.8 Å². The fourth-order valence-corrected chi connectivity index (χ4v) is 3.01. The van der Waals surface area contributed by atoms with Gasteiger partial charge in [0.15, 0.2) is 0 Å². The Morgan fingerprint density at radius 2 is 1.97 bits per heavy atom. The molecule has 1 atom stereocenters. The lowest BCUT2D eigenvalue weighted by molar-refractivity contribution is 0.0923. The fourth-order valence-electron chi connectivity index (χ4n) is 3.01. The van der Waals surface area contributed by atoms with Crippen molar-refractivity contribution in [1.82, 2.24) is 20.1 Å². The lowest BCUT2D eigenvalue weighted by atomic mass is 9.92. The minimum atomic E-state index is -1.04. The Morgan fingerprint density at radius 3 is 2.58 bits per heavy atom. The molecule has 8 heteroatoms. The van der Waals surface area contributed by atoms with Crippen molar-refractivity contribution in [2.24, 2.45) is 0 Å². The summed E-state index contributed by atoms with van der Waals surface area (Å²) in [5.41, 5.74) is 4.57. The van der Waals surface area contributed by atoms with Crippen LogP contribution in [0.1, 0.15) is 49.5 Å². The smallest absolute Gasteiger partial charge is 0.319 e. The third-order valence-corrected chi connectivity index (χ3v) is 4.79. The number of aliphatic hydroxyl groups excluding tert-OH is 2. The summed E-state index contributed by atoms with van der Waals surface area (Å²) in [6.07, 6.45) is 0.393. The molecule has 4 N–H and O–H groups in total. The Bertz CT molecular complexity index is 1040. The van der Waals surface area contributed by atoms with E-state index in [0.717, 1.165) is 22.6 Å². The van der Waals surface area contributed by atoms with Crippen molar-refractivity contribution in [2.75, 3.05) is 11.9 Å². The van der Waals surface area contributed by atoms with Crippen LogP contribution in [0.25, 0.3) is 5.69 Å². The number of rotatable bonds is 6. The molecule has 0 fully saturated rings. The first-order valence-corrected chi connectivity index (χ1v) is 10.1. The van der Waals surface area contributed by atoms with Crippen LogP contribution in [0.3, 0.4) is 0 Å². The van der Waals surface area contributed by atoms with E-state index < -0.39 is 12.7 Å². The zero-order valence-electron chi connectivity index (χ0n) is 18.3. The number of aromatic nitrogens is 3. The van der Waals surface area contributed by atoms with Crippen molar-refractivity contribution in [3.05, 3.63) is 71.3 Å². The Balaban J connectivity index is 1.73. The van der Waals surface area contributed by atoms with E-state index in [9.17, 15) is 9.90 Å². The average Bonchev–Trinajstić information content (AvgIpc) is 3.17. The van der Waals surface area contributed by atoms with Crippen molar-refractivity contribution in [2.45, 2.75) is 45.8 Å². The van der Waals surface area contributed by atoms with Gasteiger partial charge in [-0.15, -0.1) is 0 Å². The first kappa shape index (κ1) is 22.5. The van der Waals surface area contributed by atoms with E-state index in [1.54, 1.807) is 12.1 Å². The van der Waals surface area contributed by atoms with E-state index in [2.05, 4.69) is 42.5 Å². The summed E-state index contributed by atoms with van der Waals surface area (Å²) >= 11 is 0. The highest BCUT2D eigenvalue weighted by Gasteiger charge is 2.21. The van der Waals surface area contributed by atoms with Gasteiger partial charge < -0.3 is 20.8 Å². The molecule has 0 bridgehead atoms. The van der Waals surface area contributed by atoms with Crippen LogP contribution in [-0.2, 0) is 12.0 Å². The second-order valence-corrected chi connectivity index (χ2v) is 8.50. The first-order chi connectivity index (χ1) is 14.7. The van der Waals surface area contributed by atoms with Crippen LogP contribution in [0.4, 0.5) is 10.5 Å². The van der Waals surface area contributed by atoms with Crippen molar-refractivity contribution >= 4 is 11.7 Å².